The van der Waals surface area contributed by atoms with Crippen molar-refractivity contribution in [2.75, 3.05) is 31.1 Å². The molecule has 166 valence electrons. The normalized spacial score (nSPS) is 16.8. The Balaban J connectivity index is 0.00000320. The number of rotatable bonds is 4. The number of alkyl halides is 6. The molecule has 30 heavy (non-hydrogen) atoms. The summed E-state index contributed by atoms with van der Waals surface area (Å²) in [5.41, 5.74) is -0.176. The highest BCUT2D eigenvalue weighted by molar-refractivity contribution is 5.85. The fraction of sp³-hybridized carbons (Fsp3) is 0.429. The zero-order valence-electron chi connectivity index (χ0n) is 16.3. The van der Waals surface area contributed by atoms with Crippen molar-refractivity contribution in [3.05, 3.63) is 65.2 Å². The lowest BCUT2D eigenvalue weighted by Gasteiger charge is -2.39. The van der Waals surface area contributed by atoms with Gasteiger partial charge in [0.25, 0.3) is 0 Å². The predicted molar refractivity (Wildman–Crippen MR) is 107 cm³/mol. The van der Waals surface area contributed by atoms with Crippen molar-refractivity contribution in [1.29, 1.82) is 0 Å². The second kappa shape index (κ2) is 9.47. The van der Waals surface area contributed by atoms with Crippen LogP contribution in [0.5, 0.6) is 0 Å². The molecule has 9 heteroatoms. The van der Waals surface area contributed by atoms with Crippen molar-refractivity contribution < 1.29 is 26.3 Å². The molecule has 0 amide bonds. The largest absolute Gasteiger partial charge is 0.416 e. The van der Waals surface area contributed by atoms with Gasteiger partial charge in [-0.05, 0) is 43.2 Å². The standard InChI is InChI=1S/C21H22F6N2.ClH/c1-15(12-16-4-2-5-17(13-16)20(22,23)24)28-8-10-29(11-9-28)19-7-3-6-18(14-19)21(25,26)27;/h2-7,13-15H,8-12H2,1H3;1H. The average molecular weight is 453 g/mol. The average Bonchev–Trinajstić information content (AvgIpc) is 2.67. The first kappa shape index (κ1) is 24.3. The van der Waals surface area contributed by atoms with Gasteiger partial charge in [0.05, 0.1) is 11.1 Å². The quantitative estimate of drug-likeness (QED) is 0.533. The Morgan fingerprint density at radius 1 is 0.800 bits per heavy atom. The summed E-state index contributed by atoms with van der Waals surface area (Å²) >= 11 is 0. The van der Waals surface area contributed by atoms with Gasteiger partial charge in [-0.1, -0.05) is 24.3 Å². The minimum Gasteiger partial charge on any atom is -0.369 e. The number of piperazine rings is 1. The Morgan fingerprint density at radius 3 is 1.90 bits per heavy atom. The van der Waals surface area contributed by atoms with Crippen molar-refractivity contribution >= 4 is 18.1 Å². The number of hydrogen-bond acceptors (Lipinski definition) is 2. The van der Waals surface area contributed by atoms with Gasteiger partial charge in [-0.25, -0.2) is 0 Å². The molecule has 0 N–H and O–H groups in total. The van der Waals surface area contributed by atoms with E-state index in [-0.39, 0.29) is 18.4 Å². The van der Waals surface area contributed by atoms with Crippen LogP contribution in [0, 0.1) is 0 Å². The van der Waals surface area contributed by atoms with Crippen LogP contribution in [0.2, 0.25) is 0 Å². The summed E-state index contributed by atoms with van der Waals surface area (Å²) in [4.78, 5) is 4.06. The Bertz CT molecular complexity index is 829. The van der Waals surface area contributed by atoms with Gasteiger partial charge in [-0.15, -0.1) is 12.4 Å². The fourth-order valence-corrected chi connectivity index (χ4v) is 3.64. The maximum atomic E-state index is 12.9. The Kier molecular flexibility index (Phi) is 7.69. The van der Waals surface area contributed by atoms with Gasteiger partial charge >= 0.3 is 12.4 Å². The van der Waals surface area contributed by atoms with E-state index >= 15 is 0 Å². The fourth-order valence-electron chi connectivity index (χ4n) is 3.64. The van der Waals surface area contributed by atoms with Gasteiger partial charge in [0.2, 0.25) is 0 Å². The van der Waals surface area contributed by atoms with Gasteiger partial charge in [-0.3, -0.25) is 4.90 Å². The summed E-state index contributed by atoms with van der Waals surface area (Å²) in [7, 11) is 0. The van der Waals surface area contributed by atoms with Crippen LogP contribution in [0.1, 0.15) is 23.6 Å². The highest BCUT2D eigenvalue weighted by Gasteiger charge is 2.32. The van der Waals surface area contributed by atoms with Crippen LogP contribution in [0.3, 0.4) is 0 Å². The molecule has 0 aromatic heterocycles. The number of nitrogens with zero attached hydrogens (tertiary/aromatic N) is 2. The molecule has 1 aliphatic heterocycles. The van der Waals surface area contributed by atoms with Crippen molar-refractivity contribution in [3.63, 3.8) is 0 Å². The second-order valence-corrected chi connectivity index (χ2v) is 7.32. The smallest absolute Gasteiger partial charge is 0.369 e. The van der Waals surface area contributed by atoms with Crippen molar-refractivity contribution in [3.8, 4) is 0 Å². The molecule has 1 atom stereocenters. The molecule has 1 aliphatic rings. The van der Waals surface area contributed by atoms with Gasteiger partial charge in [0.1, 0.15) is 0 Å². The second-order valence-electron chi connectivity index (χ2n) is 7.32. The highest BCUT2D eigenvalue weighted by atomic mass is 35.5. The van der Waals surface area contributed by atoms with E-state index in [0.29, 0.717) is 43.9 Å². The van der Waals surface area contributed by atoms with E-state index in [1.165, 1.54) is 18.2 Å². The number of hydrogen-bond donors (Lipinski definition) is 0. The Hall–Kier alpha value is -1.93. The SMILES string of the molecule is CC(Cc1cccc(C(F)(F)F)c1)N1CCN(c2cccc(C(F)(F)F)c2)CC1.Cl. The molecule has 1 heterocycles. The summed E-state index contributed by atoms with van der Waals surface area (Å²) in [6, 6.07) is 10.6. The minimum atomic E-state index is -4.38. The first-order valence-corrected chi connectivity index (χ1v) is 9.36. The molecule has 2 aromatic rings. The van der Waals surface area contributed by atoms with E-state index in [1.807, 2.05) is 11.8 Å². The first-order chi connectivity index (χ1) is 13.5. The van der Waals surface area contributed by atoms with E-state index in [2.05, 4.69) is 4.90 Å². The zero-order valence-corrected chi connectivity index (χ0v) is 17.1. The summed E-state index contributed by atoms with van der Waals surface area (Å²) < 4.78 is 77.4. The van der Waals surface area contributed by atoms with Gasteiger partial charge < -0.3 is 4.90 Å². The van der Waals surface area contributed by atoms with Gasteiger partial charge in [0.15, 0.2) is 0 Å². The van der Waals surface area contributed by atoms with Crippen LogP contribution >= 0.6 is 12.4 Å². The summed E-state index contributed by atoms with van der Waals surface area (Å²) in [6.45, 7) is 4.36. The van der Waals surface area contributed by atoms with Gasteiger partial charge in [-0.2, -0.15) is 26.3 Å². The van der Waals surface area contributed by atoms with Crippen LogP contribution in [0.4, 0.5) is 32.0 Å². The van der Waals surface area contributed by atoms with Crippen LogP contribution < -0.4 is 4.90 Å². The van der Waals surface area contributed by atoms with Crippen molar-refractivity contribution in [2.24, 2.45) is 0 Å². The molecule has 3 rings (SSSR count). The third-order valence-electron chi connectivity index (χ3n) is 5.26. The number of benzene rings is 2. The molecule has 0 aliphatic carbocycles. The Labute approximate surface area is 177 Å². The monoisotopic (exact) mass is 452 g/mol. The zero-order chi connectivity index (χ0) is 21.2. The van der Waals surface area contributed by atoms with Gasteiger partial charge in [0, 0.05) is 37.9 Å². The number of anilines is 1. The third-order valence-corrected chi connectivity index (χ3v) is 5.26. The molecule has 2 aromatic carbocycles. The molecule has 2 nitrogen and oxygen atoms in total. The molecule has 1 saturated heterocycles. The van der Waals surface area contributed by atoms with E-state index < -0.39 is 23.5 Å². The molecule has 0 radical (unpaired) electrons. The lowest BCUT2D eigenvalue weighted by molar-refractivity contribution is -0.138. The van der Waals surface area contributed by atoms with E-state index in [0.717, 1.165) is 18.2 Å². The van der Waals surface area contributed by atoms with Crippen LogP contribution in [-0.2, 0) is 18.8 Å². The number of halogens is 7. The molecule has 1 fully saturated rings. The lowest BCUT2D eigenvalue weighted by atomic mass is 10.0. The van der Waals surface area contributed by atoms with Crippen LogP contribution in [0.15, 0.2) is 48.5 Å². The summed E-state index contributed by atoms with van der Waals surface area (Å²) in [5, 5.41) is 0. The van der Waals surface area contributed by atoms with E-state index in [4.69, 9.17) is 0 Å². The maximum absolute atomic E-state index is 12.9. The topological polar surface area (TPSA) is 6.48 Å². The summed E-state index contributed by atoms with van der Waals surface area (Å²) in [6.07, 6.45) is -8.26. The molecular weight excluding hydrogens is 430 g/mol. The Morgan fingerprint density at radius 2 is 1.33 bits per heavy atom. The molecule has 1 unspecified atom stereocenters. The minimum absolute atomic E-state index is 0. The van der Waals surface area contributed by atoms with Crippen molar-refractivity contribution in [1.82, 2.24) is 4.90 Å². The maximum Gasteiger partial charge on any atom is 0.416 e. The lowest BCUT2D eigenvalue weighted by Crippen LogP contribution is -2.50. The van der Waals surface area contributed by atoms with Crippen molar-refractivity contribution in [2.45, 2.75) is 31.7 Å². The molecule has 0 bridgehead atoms. The molecular formula is C21H23ClF6N2. The predicted octanol–water partition coefficient (Wildman–Crippen LogP) is 5.90. The highest BCUT2D eigenvalue weighted by Crippen LogP contribution is 2.32. The van der Waals surface area contributed by atoms with E-state index in [9.17, 15) is 26.3 Å². The van der Waals surface area contributed by atoms with E-state index in [1.54, 1.807) is 12.1 Å². The third kappa shape index (κ3) is 6.04. The summed E-state index contributed by atoms with van der Waals surface area (Å²) in [5.74, 6) is 0. The van der Waals surface area contributed by atoms with Crippen LogP contribution in [-0.4, -0.2) is 37.1 Å². The molecule has 0 spiro atoms. The first-order valence-electron chi connectivity index (χ1n) is 9.36. The molecule has 0 saturated carbocycles. The van der Waals surface area contributed by atoms with Crippen LogP contribution in [0.25, 0.3) is 0 Å².